The minimum absolute atomic E-state index is 0.000631. The van der Waals surface area contributed by atoms with Crippen LogP contribution in [0.5, 0.6) is 0 Å². The molecule has 444 valence electrons. The maximum Gasteiger partial charge on any atom is 0.259 e. The summed E-state index contributed by atoms with van der Waals surface area (Å²) in [5, 5.41) is 41.0. The SMILES string of the molecule is Cc1ccc(-c2nc(-c3cccc4c3CCC43CC(=O)N(CCO)C3)no2)cc1.Cc1cccc(-c2nc(-c3cccc4c3CCC43CC(=O)N(CCO)C3)no2)c1.O=C1CC2(CCc3c(-c4noc(-c5ccccc5Cl)n4)cccc32)CN1CCO. The van der Waals surface area contributed by atoms with Crippen LogP contribution in [0.25, 0.3) is 68.5 Å². The van der Waals surface area contributed by atoms with Gasteiger partial charge in [0, 0.05) is 103 Å². The number of benzene rings is 6. The van der Waals surface area contributed by atoms with Crippen LogP contribution in [0.4, 0.5) is 0 Å². The van der Waals surface area contributed by atoms with E-state index in [1.165, 1.54) is 38.9 Å². The number of hydrogen-bond donors (Lipinski definition) is 3. The number of carbonyl (C=O) groups excluding carboxylic acids is 3. The fourth-order valence-corrected chi connectivity index (χ4v) is 14.6. The fourth-order valence-electron chi connectivity index (χ4n) is 14.4. The average molecular weight is 1190 g/mol. The van der Waals surface area contributed by atoms with Crippen molar-refractivity contribution < 1.29 is 43.3 Å². The van der Waals surface area contributed by atoms with E-state index in [1.54, 1.807) is 20.8 Å². The Labute approximate surface area is 507 Å². The predicted molar refractivity (Wildman–Crippen MR) is 325 cm³/mol. The number of amides is 3. The van der Waals surface area contributed by atoms with Gasteiger partial charge < -0.3 is 43.6 Å². The molecule has 19 heteroatoms. The van der Waals surface area contributed by atoms with E-state index in [0.717, 1.165) is 71.9 Å². The number of aryl methyl sites for hydroxylation is 2. The number of aromatic nitrogens is 6. The first-order valence-corrected chi connectivity index (χ1v) is 30.1. The van der Waals surface area contributed by atoms with E-state index in [9.17, 15) is 29.7 Å². The average Bonchev–Trinajstić information content (AvgIpc) is 1.63. The molecule has 3 aliphatic carbocycles. The van der Waals surface area contributed by atoms with Gasteiger partial charge in [0.2, 0.25) is 35.2 Å². The van der Waals surface area contributed by atoms with Crippen LogP contribution in [0.15, 0.2) is 141 Å². The summed E-state index contributed by atoms with van der Waals surface area (Å²) in [6.45, 7) is 7.26. The van der Waals surface area contributed by atoms with E-state index in [2.05, 4.69) is 48.6 Å². The third kappa shape index (κ3) is 10.7. The van der Waals surface area contributed by atoms with Crippen molar-refractivity contribution in [2.75, 3.05) is 59.1 Å². The highest BCUT2D eigenvalue weighted by Gasteiger charge is 2.51. The molecule has 3 amide bonds. The highest BCUT2D eigenvalue weighted by atomic mass is 35.5. The zero-order valence-corrected chi connectivity index (χ0v) is 49.3. The van der Waals surface area contributed by atoms with Crippen molar-refractivity contribution in [3.05, 3.63) is 177 Å². The van der Waals surface area contributed by atoms with Crippen molar-refractivity contribution in [3.8, 4) is 68.5 Å². The number of hydrogen-bond acceptors (Lipinski definition) is 15. The van der Waals surface area contributed by atoms with E-state index in [4.69, 9.17) is 25.2 Å². The lowest BCUT2D eigenvalue weighted by atomic mass is 9.80. The van der Waals surface area contributed by atoms with Gasteiger partial charge in [-0.2, -0.15) is 15.0 Å². The molecule has 3 aromatic heterocycles. The topological polar surface area (TPSA) is 238 Å². The van der Waals surface area contributed by atoms with Gasteiger partial charge in [0.15, 0.2) is 0 Å². The summed E-state index contributed by atoms with van der Waals surface area (Å²) in [5.74, 6) is 3.48. The van der Waals surface area contributed by atoms with Crippen LogP contribution in [-0.4, -0.2) is 137 Å². The Morgan fingerprint density at radius 1 is 0.448 bits per heavy atom. The second-order valence-corrected chi connectivity index (χ2v) is 24.4. The molecule has 18 nitrogen and oxygen atoms in total. The quantitative estimate of drug-likeness (QED) is 0.103. The summed E-state index contributed by atoms with van der Waals surface area (Å²) in [4.78, 5) is 56.6. The lowest BCUT2D eigenvalue weighted by Crippen LogP contribution is -2.32. The number of halogens is 1. The molecule has 3 atom stereocenters. The number of nitrogens with zero attached hydrogens (tertiary/aromatic N) is 9. The van der Waals surface area contributed by atoms with Gasteiger partial charge in [0.1, 0.15) is 0 Å². The number of fused-ring (bicyclic) bond motifs is 6. The Kier molecular flexibility index (Phi) is 15.5. The summed E-state index contributed by atoms with van der Waals surface area (Å²) >= 11 is 6.26. The Balaban J connectivity index is 0.000000121. The summed E-state index contributed by atoms with van der Waals surface area (Å²) in [6.07, 6.45) is 6.89. The van der Waals surface area contributed by atoms with Crippen molar-refractivity contribution in [2.45, 2.75) is 87.9 Å². The Morgan fingerprint density at radius 3 is 1.26 bits per heavy atom. The molecule has 6 heterocycles. The molecule has 9 aromatic rings. The first-order valence-electron chi connectivity index (χ1n) is 29.7. The molecule has 6 aromatic carbocycles. The molecule has 3 N–H and O–H groups in total. The predicted octanol–water partition coefficient (Wildman–Crippen LogP) is 9.71. The number of β-amino-alcohol motifs (C(OH)–C–C–N with tert-alkyl or cyclic N) is 3. The van der Waals surface area contributed by atoms with Gasteiger partial charge in [0.25, 0.3) is 17.7 Å². The molecule has 15 rings (SSSR count). The minimum Gasteiger partial charge on any atom is -0.395 e. The Hall–Kier alpha value is -8.68. The zero-order chi connectivity index (χ0) is 60.0. The van der Waals surface area contributed by atoms with E-state index in [0.29, 0.717) is 104 Å². The lowest BCUT2D eigenvalue weighted by Gasteiger charge is -2.24. The molecule has 3 spiro atoms. The standard InChI is InChI=1S/2C23H23N3O3.C22H20ClN3O3/c1-15-4-2-5-16(12-15)22-24-21(25-29-22)18-6-3-7-19-17(18)8-9-23(19)13-20(28)26(14-23)10-11-27;1-15-5-7-16(8-6-15)22-24-21(25-29-22)18-3-2-4-19-17(18)9-10-23(19)13-20(28)26(14-23)11-12-27;23-18-7-2-1-4-16(18)21-24-20(25-29-21)15-5-3-6-17-14(15)8-9-22(17)12-19(28)26(13-22)10-11-27/h2-7,12,27H,8-11,13-14H2,1H3;2-8,27H,9-14H2,1H3;1-7,27H,8-13H2. The molecule has 3 unspecified atom stereocenters. The number of carbonyl (C=O) groups is 3. The summed E-state index contributed by atoms with van der Waals surface area (Å²) in [5.41, 5.74) is 14.4. The minimum atomic E-state index is -0.188. The zero-order valence-electron chi connectivity index (χ0n) is 48.5. The number of aliphatic hydroxyl groups excluding tert-OH is 3. The summed E-state index contributed by atoms with van der Waals surface area (Å²) in [7, 11) is 0. The maximum absolute atomic E-state index is 12.5. The van der Waals surface area contributed by atoms with Crippen LogP contribution in [0, 0.1) is 13.8 Å². The Morgan fingerprint density at radius 2 is 0.839 bits per heavy atom. The smallest absolute Gasteiger partial charge is 0.259 e. The van der Waals surface area contributed by atoms with Gasteiger partial charge in [0.05, 0.1) is 30.4 Å². The third-order valence-corrected chi connectivity index (χ3v) is 18.9. The molecule has 87 heavy (non-hydrogen) atoms. The van der Waals surface area contributed by atoms with E-state index < -0.39 is 0 Å². The third-order valence-electron chi connectivity index (χ3n) is 18.6. The molecule has 0 saturated carbocycles. The molecule has 3 aliphatic heterocycles. The first kappa shape index (κ1) is 57.4. The lowest BCUT2D eigenvalue weighted by molar-refractivity contribution is -0.128. The summed E-state index contributed by atoms with van der Waals surface area (Å²) in [6, 6.07) is 41.9. The summed E-state index contributed by atoms with van der Waals surface area (Å²) < 4.78 is 16.6. The van der Waals surface area contributed by atoms with Gasteiger partial charge in [-0.1, -0.05) is 129 Å². The molecule has 3 fully saturated rings. The van der Waals surface area contributed by atoms with E-state index in [1.807, 2.05) is 117 Å². The second kappa shape index (κ2) is 23.5. The fraction of sp³-hybridized carbons (Fsp3) is 0.338. The monoisotopic (exact) mass is 1190 g/mol. The highest BCUT2D eigenvalue weighted by Crippen LogP contribution is 2.51. The molecule has 0 radical (unpaired) electrons. The highest BCUT2D eigenvalue weighted by molar-refractivity contribution is 6.33. The van der Waals surface area contributed by atoms with Crippen LogP contribution in [-0.2, 0) is 49.9 Å². The van der Waals surface area contributed by atoms with Crippen molar-refractivity contribution >= 4 is 29.3 Å². The molecule has 0 bridgehead atoms. The van der Waals surface area contributed by atoms with E-state index in [-0.39, 0.29) is 53.8 Å². The van der Waals surface area contributed by atoms with Gasteiger partial charge in [-0.05, 0) is 122 Å². The van der Waals surface area contributed by atoms with Gasteiger partial charge in [-0.25, -0.2) is 0 Å². The van der Waals surface area contributed by atoms with Gasteiger partial charge >= 0.3 is 0 Å². The second-order valence-electron chi connectivity index (χ2n) is 24.0. The van der Waals surface area contributed by atoms with Crippen molar-refractivity contribution in [1.82, 2.24) is 45.1 Å². The van der Waals surface area contributed by atoms with Crippen LogP contribution >= 0.6 is 11.6 Å². The molecular formula is C68H66ClN9O9. The number of aliphatic hydroxyl groups is 3. The largest absolute Gasteiger partial charge is 0.395 e. The van der Waals surface area contributed by atoms with Gasteiger partial charge in [-0.3, -0.25) is 14.4 Å². The van der Waals surface area contributed by atoms with Gasteiger partial charge in [-0.15, -0.1) is 0 Å². The molecule has 6 aliphatic rings. The molecular weight excluding hydrogens is 1120 g/mol. The van der Waals surface area contributed by atoms with E-state index >= 15 is 0 Å². The van der Waals surface area contributed by atoms with Crippen molar-refractivity contribution in [1.29, 1.82) is 0 Å². The number of rotatable bonds is 12. The first-order chi connectivity index (χ1) is 42.3. The van der Waals surface area contributed by atoms with Crippen LogP contribution in [0.2, 0.25) is 5.02 Å². The molecule has 3 saturated heterocycles. The van der Waals surface area contributed by atoms with Crippen LogP contribution in [0.1, 0.15) is 83.0 Å². The maximum atomic E-state index is 12.5. The van der Waals surface area contributed by atoms with Crippen LogP contribution in [0.3, 0.4) is 0 Å². The Bertz CT molecular complexity index is 4090. The van der Waals surface area contributed by atoms with Crippen molar-refractivity contribution in [2.24, 2.45) is 0 Å². The number of likely N-dealkylation sites (tertiary alicyclic amines) is 3. The van der Waals surface area contributed by atoms with Crippen molar-refractivity contribution in [3.63, 3.8) is 0 Å². The van der Waals surface area contributed by atoms with Crippen LogP contribution < -0.4 is 0 Å². The normalized spacial score (nSPS) is 20.6.